The van der Waals surface area contributed by atoms with Crippen molar-refractivity contribution in [2.24, 2.45) is 0 Å². The lowest BCUT2D eigenvalue weighted by Gasteiger charge is -2.01. The Labute approximate surface area is 57.8 Å². The van der Waals surface area contributed by atoms with Crippen LogP contribution in [0.15, 0.2) is 0 Å². The highest BCUT2D eigenvalue weighted by atomic mass is 79.9. The van der Waals surface area contributed by atoms with Crippen LogP contribution >= 0.6 is 15.9 Å². The molecule has 0 radical (unpaired) electrons. The van der Waals surface area contributed by atoms with Gasteiger partial charge in [0, 0.05) is 7.05 Å². The topological polar surface area (TPSA) is 29.1 Å². The van der Waals surface area contributed by atoms with Gasteiger partial charge in [0.15, 0.2) is 0 Å². The first kappa shape index (κ1) is 7.95. The Balaban J connectivity index is 3.46. The van der Waals surface area contributed by atoms with Gasteiger partial charge >= 0.3 is 0 Å². The van der Waals surface area contributed by atoms with E-state index in [1.54, 1.807) is 7.05 Å². The minimum Gasteiger partial charge on any atom is -0.358 e. The van der Waals surface area contributed by atoms with Crippen molar-refractivity contribution >= 4 is 21.8 Å². The Bertz CT molecular complexity index is 84.5. The molecule has 0 heterocycles. The van der Waals surface area contributed by atoms with Gasteiger partial charge in [-0.2, -0.15) is 0 Å². The predicted molar refractivity (Wildman–Crippen MR) is 37.1 cm³/mol. The molecule has 0 aromatic carbocycles. The number of carbonyl (C=O) groups excluding carboxylic acids is 1. The van der Waals surface area contributed by atoms with Gasteiger partial charge in [-0.15, -0.1) is 0 Å². The summed E-state index contributed by atoms with van der Waals surface area (Å²) < 4.78 is 0. The number of nitrogens with one attached hydrogen (secondary N) is 1. The molecule has 3 heteroatoms. The van der Waals surface area contributed by atoms with Crippen LogP contribution in [-0.4, -0.2) is 17.8 Å². The molecule has 0 aromatic heterocycles. The van der Waals surface area contributed by atoms with Crippen molar-refractivity contribution in [1.82, 2.24) is 5.32 Å². The molecule has 1 N–H and O–H groups in total. The minimum atomic E-state index is -0.0208. The highest BCUT2D eigenvalue weighted by Crippen LogP contribution is 2.02. The number of amides is 1. The van der Waals surface area contributed by atoms with Gasteiger partial charge in [-0.25, -0.2) is 0 Å². The van der Waals surface area contributed by atoms with Crippen LogP contribution in [-0.2, 0) is 4.79 Å². The Morgan fingerprint density at radius 1 is 1.88 bits per heavy atom. The Hall–Kier alpha value is -0.0500. The largest absolute Gasteiger partial charge is 0.358 e. The van der Waals surface area contributed by atoms with Crippen LogP contribution in [0.4, 0.5) is 0 Å². The highest BCUT2D eigenvalue weighted by Gasteiger charge is 2.07. The standard InChI is InChI=1S/C5H10BrNO/c1-3-4(6)5(8)7-2/h4H,3H2,1-2H3,(H,7,8)/t4-/m1/s1. The van der Waals surface area contributed by atoms with Crippen LogP contribution in [0.2, 0.25) is 0 Å². The Morgan fingerprint density at radius 2 is 2.38 bits per heavy atom. The average molecular weight is 180 g/mol. The molecule has 0 unspecified atom stereocenters. The molecule has 8 heavy (non-hydrogen) atoms. The summed E-state index contributed by atoms with van der Waals surface area (Å²) in [5, 5.41) is 2.53. The fourth-order valence-electron chi connectivity index (χ4n) is 0.342. The fourth-order valence-corrected chi connectivity index (χ4v) is 0.571. The van der Waals surface area contributed by atoms with Crippen LogP contribution in [0.25, 0.3) is 0 Å². The van der Waals surface area contributed by atoms with Crippen molar-refractivity contribution in [1.29, 1.82) is 0 Å². The molecule has 0 aliphatic rings. The average Bonchev–Trinajstić information content (AvgIpc) is 1.84. The summed E-state index contributed by atoms with van der Waals surface area (Å²) in [7, 11) is 1.63. The van der Waals surface area contributed by atoms with Gasteiger partial charge in [-0.3, -0.25) is 4.79 Å². The van der Waals surface area contributed by atoms with Gasteiger partial charge in [-0.1, -0.05) is 22.9 Å². The molecule has 0 rings (SSSR count). The fraction of sp³-hybridized carbons (Fsp3) is 0.800. The number of hydrogen-bond donors (Lipinski definition) is 1. The molecular formula is C5H10BrNO. The molecule has 0 bridgehead atoms. The van der Waals surface area contributed by atoms with Crippen molar-refractivity contribution in [3.8, 4) is 0 Å². The lowest BCUT2D eigenvalue weighted by Crippen LogP contribution is -2.26. The first-order valence-electron chi connectivity index (χ1n) is 2.58. The first-order chi connectivity index (χ1) is 3.72. The van der Waals surface area contributed by atoms with Crippen LogP contribution in [0.1, 0.15) is 13.3 Å². The second-order valence-electron chi connectivity index (χ2n) is 1.49. The predicted octanol–water partition coefficient (Wildman–Crippen LogP) is 0.906. The highest BCUT2D eigenvalue weighted by molar-refractivity contribution is 9.10. The Morgan fingerprint density at radius 3 is 2.50 bits per heavy atom. The second kappa shape index (κ2) is 3.89. The molecule has 0 spiro atoms. The lowest BCUT2D eigenvalue weighted by atomic mass is 10.3. The summed E-state index contributed by atoms with van der Waals surface area (Å²) in [6.07, 6.45) is 0.833. The normalized spacial score (nSPS) is 12.9. The number of halogens is 1. The number of hydrogen-bond acceptors (Lipinski definition) is 1. The van der Waals surface area contributed by atoms with Crippen molar-refractivity contribution in [3.63, 3.8) is 0 Å². The zero-order valence-corrected chi connectivity index (χ0v) is 6.66. The number of rotatable bonds is 2. The van der Waals surface area contributed by atoms with Crippen LogP contribution in [0.5, 0.6) is 0 Å². The Kier molecular flexibility index (Phi) is 3.87. The molecule has 0 aliphatic carbocycles. The molecule has 0 aromatic rings. The van der Waals surface area contributed by atoms with Gasteiger partial charge in [0.25, 0.3) is 0 Å². The zero-order valence-electron chi connectivity index (χ0n) is 5.07. The number of carbonyl (C=O) groups is 1. The van der Waals surface area contributed by atoms with Gasteiger partial charge < -0.3 is 5.32 Å². The smallest absolute Gasteiger partial charge is 0.233 e. The third-order valence-electron chi connectivity index (χ3n) is 0.889. The third-order valence-corrected chi connectivity index (χ3v) is 1.95. The van der Waals surface area contributed by atoms with E-state index in [0.717, 1.165) is 6.42 Å². The molecule has 0 saturated carbocycles. The minimum absolute atomic E-state index is 0.0208. The molecule has 0 aliphatic heterocycles. The molecule has 1 amide bonds. The van der Waals surface area contributed by atoms with Gasteiger partial charge in [0.1, 0.15) is 0 Å². The maximum Gasteiger partial charge on any atom is 0.233 e. The van der Waals surface area contributed by atoms with Crippen molar-refractivity contribution < 1.29 is 4.79 Å². The summed E-state index contributed by atoms with van der Waals surface area (Å²) in [6, 6.07) is 0. The SMILES string of the molecule is CC[C@@H](Br)C(=O)NC. The van der Waals surface area contributed by atoms with E-state index in [2.05, 4.69) is 21.2 Å². The van der Waals surface area contributed by atoms with E-state index in [4.69, 9.17) is 0 Å². The summed E-state index contributed by atoms with van der Waals surface area (Å²) in [5.74, 6) is 0.0486. The third kappa shape index (κ3) is 2.31. The second-order valence-corrected chi connectivity index (χ2v) is 2.60. The molecule has 0 fully saturated rings. The van der Waals surface area contributed by atoms with E-state index < -0.39 is 0 Å². The van der Waals surface area contributed by atoms with E-state index in [9.17, 15) is 4.79 Å². The molecule has 1 atom stereocenters. The maximum atomic E-state index is 10.6. The monoisotopic (exact) mass is 179 g/mol. The maximum absolute atomic E-state index is 10.6. The zero-order chi connectivity index (χ0) is 6.57. The summed E-state index contributed by atoms with van der Waals surface area (Å²) >= 11 is 3.19. The van der Waals surface area contributed by atoms with Crippen LogP contribution < -0.4 is 5.32 Å². The van der Waals surface area contributed by atoms with E-state index in [1.165, 1.54) is 0 Å². The van der Waals surface area contributed by atoms with Gasteiger partial charge in [0.05, 0.1) is 4.83 Å². The van der Waals surface area contributed by atoms with E-state index in [-0.39, 0.29) is 10.7 Å². The molecule has 0 saturated heterocycles. The van der Waals surface area contributed by atoms with Crippen molar-refractivity contribution in [3.05, 3.63) is 0 Å². The summed E-state index contributed by atoms with van der Waals surface area (Å²) in [4.78, 5) is 10.6. The van der Waals surface area contributed by atoms with E-state index in [0.29, 0.717) is 0 Å². The summed E-state index contributed by atoms with van der Waals surface area (Å²) in [5.41, 5.74) is 0. The molecule has 2 nitrogen and oxygen atoms in total. The molecular weight excluding hydrogens is 170 g/mol. The van der Waals surface area contributed by atoms with E-state index in [1.807, 2.05) is 6.92 Å². The quantitative estimate of drug-likeness (QED) is 0.628. The van der Waals surface area contributed by atoms with Crippen molar-refractivity contribution in [2.45, 2.75) is 18.2 Å². The van der Waals surface area contributed by atoms with Crippen molar-refractivity contribution in [2.75, 3.05) is 7.05 Å². The van der Waals surface area contributed by atoms with Gasteiger partial charge in [0.2, 0.25) is 5.91 Å². The van der Waals surface area contributed by atoms with Gasteiger partial charge in [-0.05, 0) is 6.42 Å². The lowest BCUT2D eigenvalue weighted by molar-refractivity contribution is -0.119. The molecule has 48 valence electrons. The number of alkyl halides is 1. The van der Waals surface area contributed by atoms with E-state index >= 15 is 0 Å². The first-order valence-corrected chi connectivity index (χ1v) is 3.49. The van der Waals surface area contributed by atoms with Crippen LogP contribution in [0.3, 0.4) is 0 Å². The summed E-state index contributed by atoms with van der Waals surface area (Å²) in [6.45, 7) is 1.95. The van der Waals surface area contributed by atoms with Crippen LogP contribution in [0, 0.1) is 0 Å².